The molecule has 0 aliphatic carbocycles. The van der Waals surface area contributed by atoms with Gasteiger partial charge >= 0.3 is 0 Å². The molecule has 1 atom stereocenters. The SMILES string of the molecule is C=CC(CC)C(C)(C)C(C)C. The van der Waals surface area contributed by atoms with Crippen LogP contribution in [0.2, 0.25) is 0 Å². The summed E-state index contributed by atoms with van der Waals surface area (Å²) in [6.45, 7) is 15.3. The average molecular weight is 154 g/mol. The zero-order valence-corrected chi connectivity index (χ0v) is 8.65. The smallest absolute Gasteiger partial charge is 0.0185 e. The normalized spacial score (nSPS) is 15.1. The molecule has 0 spiro atoms. The third kappa shape index (κ3) is 2.36. The minimum absolute atomic E-state index is 0.399. The molecule has 0 bridgehead atoms. The summed E-state index contributed by atoms with van der Waals surface area (Å²) >= 11 is 0. The van der Waals surface area contributed by atoms with E-state index in [2.05, 4.69) is 47.3 Å². The maximum Gasteiger partial charge on any atom is -0.0185 e. The van der Waals surface area contributed by atoms with Gasteiger partial charge in [-0.25, -0.2) is 0 Å². The zero-order valence-electron chi connectivity index (χ0n) is 8.65. The molecule has 66 valence electrons. The van der Waals surface area contributed by atoms with Gasteiger partial charge in [-0.1, -0.05) is 40.7 Å². The summed E-state index contributed by atoms with van der Waals surface area (Å²) in [7, 11) is 0. The van der Waals surface area contributed by atoms with Crippen LogP contribution in [0, 0.1) is 17.3 Å². The minimum atomic E-state index is 0.399. The third-order valence-corrected chi connectivity index (χ3v) is 3.17. The monoisotopic (exact) mass is 154 g/mol. The average Bonchev–Trinajstić information content (AvgIpc) is 1.89. The molecular formula is C11H22. The first kappa shape index (κ1) is 10.7. The van der Waals surface area contributed by atoms with Crippen molar-refractivity contribution in [3.8, 4) is 0 Å². The Morgan fingerprint density at radius 3 is 1.91 bits per heavy atom. The number of hydrogen-bond acceptors (Lipinski definition) is 0. The summed E-state index contributed by atoms with van der Waals surface area (Å²) in [4.78, 5) is 0. The molecule has 0 saturated carbocycles. The molecule has 0 radical (unpaired) electrons. The molecule has 0 N–H and O–H groups in total. The van der Waals surface area contributed by atoms with Gasteiger partial charge < -0.3 is 0 Å². The number of allylic oxidation sites excluding steroid dienone is 1. The van der Waals surface area contributed by atoms with Gasteiger partial charge in [-0.3, -0.25) is 0 Å². The predicted molar refractivity (Wildman–Crippen MR) is 52.6 cm³/mol. The van der Waals surface area contributed by atoms with Crippen LogP contribution in [-0.2, 0) is 0 Å². The van der Waals surface area contributed by atoms with Crippen LogP contribution in [0.15, 0.2) is 12.7 Å². The van der Waals surface area contributed by atoms with E-state index in [-0.39, 0.29) is 0 Å². The van der Waals surface area contributed by atoms with Crippen LogP contribution >= 0.6 is 0 Å². The Kier molecular flexibility index (Phi) is 3.85. The first-order valence-electron chi connectivity index (χ1n) is 4.59. The quantitative estimate of drug-likeness (QED) is 0.539. The lowest BCUT2D eigenvalue weighted by atomic mass is 9.70. The first-order valence-corrected chi connectivity index (χ1v) is 4.59. The van der Waals surface area contributed by atoms with Crippen molar-refractivity contribution in [1.82, 2.24) is 0 Å². The van der Waals surface area contributed by atoms with Gasteiger partial charge in [0.2, 0.25) is 0 Å². The highest BCUT2D eigenvalue weighted by Crippen LogP contribution is 2.37. The van der Waals surface area contributed by atoms with Crippen molar-refractivity contribution in [2.45, 2.75) is 41.0 Å². The summed E-state index contributed by atoms with van der Waals surface area (Å²) in [6.07, 6.45) is 3.30. The van der Waals surface area contributed by atoms with Gasteiger partial charge in [0.15, 0.2) is 0 Å². The first-order chi connectivity index (χ1) is 4.96. The molecule has 0 aliphatic rings. The van der Waals surface area contributed by atoms with Crippen molar-refractivity contribution in [2.75, 3.05) is 0 Å². The van der Waals surface area contributed by atoms with Crippen LogP contribution in [0.25, 0.3) is 0 Å². The van der Waals surface area contributed by atoms with E-state index in [1.54, 1.807) is 0 Å². The van der Waals surface area contributed by atoms with Crippen LogP contribution in [0.1, 0.15) is 41.0 Å². The van der Waals surface area contributed by atoms with E-state index in [1.165, 1.54) is 6.42 Å². The van der Waals surface area contributed by atoms with Crippen molar-refractivity contribution in [2.24, 2.45) is 17.3 Å². The van der Waals surface area contributed by atoms with Gasteiger partial charge in [-0.05, 0) is 23.7 Å². The molecule has 1 unspecified atom stereocenters. The van der Waals surface area contributed by atoms with Crippen molar-refractivity contribution < 1.29 is 0 Å². The predicted octanol–water partition coefficient (Wildman–Crippen LogP) is 3.88. The van der Waals surface area contributed by atoms with Gasteiger partial charge in [0, 0.05) is 0 Å². The Morgan fingerprint density at radius 2 is 1.82 bits per heavy atom. The topological polar surface area (TPSA) is 0 Å². The Hall–Kier alpha value is -0.260. The van der Waals surface area contributed by atoms with E-state index < -0.39 is 0 Å². The van der Waals surface area contributed by atoms with E-state index in [1.807, 2.05) is 0 Å². The van der Waals surface area contributed by atoms with E-state index in [0.29, 0.717) is 11.3 Å². The largest absolute Gasteiger partial charge is 0.103 e. The Labute approximate surface area is 71.7 Å². The van der Waals surface area contributed by atoms with Crippen LogP contribution < -0.4 is 0 Å². The molecule has 0 fully saturated rings. The molecule has 0 amide bonds. The molecular weight excluding hydrogens is 132 g/mol. The van der Waals surface area contributed by atoms with E-state index in [0.717, 1.165) is 5.92 Å². The van der Waals surface area contributed by atoms with Crippen LogP contribution in [-0.4, -0.2) is 0 Å². The third-order valence-electron chi connectivity index (χ3n) is 3.17. The highest BCUT2D eigenvalue weighted by atomic mass is 14.3. The summed E-state index contributed by atoms with van der Waals surface area (Å²) in [5, 5.41) is 0. The lowest BCUT2D eigenvalue weighted by Gasteiger charge is -2.35. The van der Waals surface area contributed by atoms with Crippen LogP contribution in [0.3, 0.4) is 0 Å². The summed E-state index contributed by atoms with van der Waals surface area (Å²) in [5.74, 6) is 1.38. The van der Waals surface area contributed by atoms with Gasteiger partial charge in [0.1, 0.15) is 0 Å². The summed E-state index contributed by atoms with van der Waals surface area (Å²) in [5.41, 5.74) is 0.399. The van der Waals surface area contributed by atoms with Crippen molar-refractivity contribution in [1.29, 1.82) is 0 Å². The van der Waals surface area contributed by atoms with Gasteiger partial charge in [0.25, 0.3) is 0 Å². The minimum Gasteiger partial charge on any atom is -0.103 e. The molecule has 0 heteroatoms. The maximum atomic E-state index is 3.88. The molecule has 11 heavy (non-hydrogen) atoms. The zero-order chi connectivity index (χ0) is 9.07. The highest BCUT2D eigenvalue weighted by Gasteiger charge is 2.28. The fourth-order valence-electron chi connectivity index (χ4n) is 1.42. The standard InChI is InChI=1S/C11H22/c1-7-10(8-2)11(5,6)9(3)4/h7,9-10H,1,8H2,2-6H3. The van der Waals surface area contributed by atoms with Crippen LogP contribution in [0.5, 0.6) is 0 Å². The maximum absolute atomic E-state index is 3.88. The van der Waals surface area contributed by atoms with Crippen molar-refractivity contribution in [3.05, 3.63) is 12.7 Å². The second-order valence-corrected chi connectivity index (χ2v) is 4.23. The summed E-state index contributed by atoms with van der Waals surface area (Å²) < 4.78 is 0. The van der Waals surface area contributed by atoms with E-state index in [9.17, 15) is 0 Å². The van der Waals surface area contributed by atoms with Crippen molar-refractivity contribution >= 4 is 0 Å². The second-order valence-electron chi connectivity index (χ2n) is 4.23. The molecule has 0 aromatic carbocycles. The fourth-order valence-corrected chi connectivity index (χ4v) is 1.42. The van der Waals surface area contributed by atoms with E-state index in [4.69, 9.17) is 0 Å². The Morgan fingerprint density at radius 1 is 1.36 bits per heavy atom. The molecule has 0 aromatic heterocycles. The number of hydrogen-bond donors (Lipinski definition) is 0. The molecule has 0 rings (SSSR count). The molecule has 0 aliphatic heterocycles. The highest BCUT2D eigenvalue weighted by molar-refractivity contribution is 4.90. The second kappa shape index (κ2) is 3.94. The lowest BCUT2D eigenvalue weighted by Crippen LogP contribution is -2.27. The Balaban J connectivity index is 4.36. The molecule has 0 heterocycles. The summed E-state index contributed by atoms with van der Waals surface area (Å²) in [6, 6.07) is 0. The fraction of sp³-hybridized carbons (Fsp3) is 0.818. The molecule has 0 nitrogen and oxygen atoms in total. The lowest BCUT2D eigenvalue weighted by molar-refractivity contribution is 0.169. The number of rotatable bonds is 4. The van der Waals surface area contributed by atoms with Crippen molar-refractivity contribution in [3.63, 3.8) is 0 Å². The van der Waals surface area contributed by atoms with E-state index >= 15 is 0 Å². The van der Waals surface area contributed by atoms with Gasteiger partial charge in [-0.2, -0.15) is 0 Å². The molecule has 0 aromatic rings. The van der Waals surface area contributed by atoms with Crippen LogP contribution in [0.4, 0.5) is 0 Å². The van der Waals surface area contributed by atoms with Gasteiger partial charge in [0.05, 0.1) is 0 Å². The Bertz CT molecular complexity index is 120. The molecule has 0 saturated heterocycles. The van der Waals surface area contributed by atoms with Gasteiger partial charge in [-0.15, -0.1) is 6.58 Å².